The summed E-state index contributed by atoms with van der Waals surface area (Å²) in [4.78, 5) is 22.6. The average Bonchev–Trinajstić information content (AvgIpc) is 2.91. The molecule has 1 atom stereocenters. The van der Waals surface area contributed by atoms with Gasteiger partial charge in [-0.05, 0) is 31.0 Å². The number of amides is 2. The van der Waals surface area contributed by atoms with E-state index in [4.69, 9.17) is 9.84 Å². The second-order valence-electron chi connectivity index (χ2n) is 4.47. The second-order valence-corrected chi connectivity index (χ2v) is 4.47. The van der Waals surface area contributed by atoms with Crippen molar-refractivity contribution in [2.75, 3.05) is 18.5 Å². The van der Waals surface area contributed by atoms with E-state index in [9.17, 15) is 14.0 Å². The first-order valence-corrected chi connectivity index (χ1v) is 6.25. The molecular formula is C13H15FN2O4. The minimum absolute atomic E-state index is 0.00656. The van der Waals surface area contributed by atoms with Crippen molar-refractivity contribution in [3.8, 4) is 0 Å². The molecule has 1 aliphatic rings. The fraction of sp³-hybridized carbons (Fsp3) is 0.385. The largest absolute Gasteiger partial charge is 0.478 e. The summed E-state index contributed by atoms with van der Waals surface area (Å²) in [6, 6.07) is 2.61. The standard InChI is InChI=1S/C13H15FN2O4/c14-8-3-4-11(10(6-8)12(17)18)16-13(19)15-7-9-2-1-5-20-9/h3-4,6,9H,1-2,5,7H2,(H,17,18)(H2,15,16,19). The number of hydrogen-bond donors (Lipinski definition) is 3. The van der Waals surface area contributed by atoms with Crippen molar-refractivity contribution in [3.05, 3.63) is 29.6 Å². The van der Waals surface area contributed by atoms with Gasteiger partial charge in [0.2, 0.25) is 0 Å². The molecule has 0 radical (unpaired) electrons. The highest BCUT2D eigenvalue weighted by Crippen LogP contribution is 2.17. The van der Waals surface area contributed by atoms with Gasteiger partial charge in [-0.15, -0.1) is 0 Å². The van der Waals surface area contributed by atoms with E-state index in [2.05, 4.69) is 10.6 Å². The number of halogens is 1. The highest BCUT2D eigenvalue weighted by molar-refractivity contribution is 5.99. The number of rotatable bonds is 4. The van der Waals surface area contributed by atoms with Crippen LogP contribution in [0.1, 0.15) is 23.2 Å². The number of carbonyl (C=O) groups excluding carboxylic acids is 1. The van der Waals surface area contributed by atoms with Crippen LogP contribution in [0.5, 0.6) is 0 Å². The molecule has 6 nitrogen and oxygen atoms in total. The summed E-state index contributed by atoms with van der Waals surface area (Å²) in [6.45, 7) is 1.05. The Labute approximate surface area is 114 Å². The zero-order valence-corrected chi connectivity index (χ0v) is 10.7. The fourth-order valence-electron chi connectivity index (χ4n) is 1.98. The molecule has 1 aliphatic heterocycles. The van der Waals surface area contributed by atoms with Crippen molar-refractivity contribution in [3.63, 3.8) is 0 Å². The molecule has 2 rings (SSSR count). The van der Waals surface area contributed by atoms with Gasteiger partial charge in [0, 0.05) is 13.2 Å². The molecular weight excluding hydrogens is 267 g/mol. The van der Waals surface area contributed by atoms with E-state index in [1.54, 1.807) is 0 Å². The molecule has 0 saturated carbocycles. The van der Waals surface area contributed by atoms with Crippen LogP contribution in [0, 0.1) is 5.82 Å². The number of ether oxygens (including phenoxy) is 1. The Morgan fingerprint density at radius 1 is 1.45 bits per heavy atom. The molecule has 3 N–H and O–H groups in total. The number of nitrogens with one attached hydrogen (secondary N) is 2. The maximum atomic E-state index is 13.0. The monoisotopic (exact) mass is 282 g/mol. The number of carbonyl (C=O) groups is 2. The van der Waals surface area contributed by atoms with Gasteiger partial charge in [0.25, 0.3) is 0 Å². The summed E-state index contributed by atoms with van der Waals surface area (Å²) in [5.41, 5.74) is -0.249. The Morgan fingerprint density at radius 3 is 2.90 bits per heavy atom. The smallest absolute Gasteiger partial charge is 0.337 e. The highest BCUT2D eigenvalue weighted by atomic mass is 19.1. The van der Waals surface area contributed by atoms with Gasteiger partial charge in [-0.1, -0.05) is 0 Å². The maximum absolute atomic E-state index is 13.0. The second kappa shape index (κ2) is 6.33. The molecule has 1 saturated heterocycles. The summed E-state index contributed by atoms with van der Waals surface area (Å²) in [6.07, 6.45) is 1.85. The van der Waals surface area contributed by atoms with Crippen LogP contribution in [0.2, 0.25) is 0 Å². The Balaban J connectivity index is 1.94. The van der Waals surface area contributed by atoms with Gasteiger partial charge in [0.05, 0.1) is 17.4 Å². The molecule has 0 aromatic heterocycles. The van der Waals surface area contributed by atoms with Crippen LogP contribution in [0.15, 0.2) is 18.2 Å². The number of urea groups is 1. The summed E-state index contributed by atoms with van der Waals surface area (Å²) >= 11 is 0. The lowest BCUT2D eigenvalue weighted by atomic mass is 10.1. The van der Waals surface area contributed by atoms with Crippen LogP contribution in [-0.4, -0.2) is 36.4 Å². The molecule has 0 spiro atoms. The zero-order chi connectivity index (χ0) is 14.5. The Bertz CT molecular complexity index is 515. The van der Waals surface area contributed by atoms with E-state index in [1.807, 2.05) is 0 Å². The summed E-state index contributed by atoms with van der Waals surface area (Å²) < 4.78 is 18.3. The van der Waals surface area contributed by atoms with Crippen LogP contribution in [0.25, 0.3) is 0 Å². The van der Waals surface area contributed by atoms with E-state index in [1.165, 1.54) is 6.07 Å². The molecule has 108 valence electrons. The quantitative estimate of drug-likeness (QED) is 0.786. The van der Waals surface area contributed by atoms with Gasteiger partial charge in [0.15, 0.2) is 0 Å². The molecule has 1 fully saturated rings. The minimum Gasteiger partial charge on any atom is -0.478 e. The van der Waals surface area contributed by atoms with Crippen molar-refractivity contribution in [1.29, 1.82) is 0 Å². The molecule has 0 bridgehead atoms. The molecule has 2 amide bonds. The van der Waals surface area contributed by atoms with Crippen LogP contribution in [-0.2, 0) is 4.74 Å². The van der Waals surface area contributed by atoms with Crippen LogP contribution < -0.4 is 10.6 Å². The Morgan fingerprint density at radius 2 is 2.25 bits per heavy atom. The van der Waals surface area contributed by atoms with Gasteiger partial charge < -0.3 is 20.5 Å². The fourth-order valence-corrected chi connectivity index (χ4v) is 1.98. The number of aromatic carboxylic acids is 1. The third-order valence-electron chi connectivity index (χ3n) is 2.97. The molecule has 1 aromatic carbocycles. The van der Waals surface area contributed by atoms with E-state index >= 15 is 0 Å². The summed E-state index contributed by atoms with van der Waals surface area (Å²) in [7, 11) is 0. The molecule has 7 heteroatoms. The Kier molecular flexibility index (Phi) is 4.52. The van der Waals surface area contributed by atoms with Gasteiger partial charge >= 0.3 is 12.0 Å². The van der Waals surface area contributed by atoms with Gasteiger partial charge in [-0.25, -0.2) is 14.0 Å². The Hall–Kier alpha value is -2.15. The normalized spacial score (nSPS) is 17.8. The van der Waals surface area contributed by atoms with E-state index in [0.29, 0.717) is 13.2 Å². The maximum Gasteiger partial charge on any atom is 0.337 e. The van der Waals surface area contributed by atoms with Gasteiger partial charge in [0.1, 0.15) is 5.82 Å². The predicted octanol–water partition coefficient (Wildman–Crippen LogP) is 1.82. The van der Waals surface area contributed by atoms with Crippen LogP contribution >= 0.6 is 0 Å². The molecule has 0 aliphatic carbocycles. The zero-order valence-electron chi connectivity index (χ0n) is 10.7. The molecule has 1 aromatic rings. The van der Waals surface area contributed by atoms with Crippen molar-refractivity contribution < 1.29 is 23.8 Å². The first-order chi connectivity index (χ1) is 9.56. The average molecular weight is 282 g/mol. The highest BCUT2D eigenvalue weighted by Gasteiger charge is 2.17. The van der Waals surface area contributed by atoms with Crippen LogP contribution in [0.3, 0.4) is 0 Å². The third-order valence-corrected chi connectivity index (χ3v) is 2.97. The lowest BCUT2D eigenvalue weighted by Gasteiger charge is -2.12. The summed E-state index contributed by atoms with van der Waals surface area (Å²) in [5, 5.41) is 13.9. The number of hydrogen-bond acceptors (Lipinski definition) is 3. The lowest BCUT2D eigenvalue weighted by Crippen LogP contribution is -2.35. The number of carboxylic acid groups (broad SMARTS) is 1. The number of benzene rings is 1. The number of anilines is 1. The minimum atomic E-state index is -1.31. The molecule has 20 heavy (non-hydrogen) atoms. The van der Waals surface area contributed by atoms with Crippen molar-refractivity contribution >= 4 is 17.7 Å². The topological polar surface area (TPSA) is 87.7 Å². The van der Waals surface area contributed by atoms with Gasteiger partial charge in [-0.2, -0.15) is 0 Å². The van der Waals surface area contributed by atoms with E-state index in [0.717, 1.165) is 25.0 Å². The molecule has 1 heterocycles. The van der Waals surface area contributed by atoms with Crippen LogP contribution in [0.4, 0.5) is 14.9 Å². The van der Waals surface area contributed by atoms with Gasteiger partial charge in [-0.3, -0.25) is 0 Å². The predicted molar refractivity (Wildman–Crippen MR) is 69.4 cm³/mol. The van der Waals surface area contributed by atoms with Crippen molar-refractivity contribution in [1.82, 2.24) is 5.32 Å². The SMILES string of the molecule is O=C(NCC1CCCO1)Nc1ccc(F)cc1C(=O)O. The number of carboxylic acids is 1. The van der Waals surface area contributed by atoms with Crippen molar-refractivity contribution in [2.24, 2.45) is 0 Å². The first-order valence-electron chi connectivity index (χ1n) is 6.25. The summed E-state index contributed by atoms with van der Waals surface area (Å²) in [5.74, 6) is -1.98. The third kappa shape index (κ3) is 3.67. The molecule has 1 unspecified atom stereocenters. The van der Waals surface area contributed by atoms with Crippen molar-refractivity contribution in [2.45, 2.75) is 18.9 Å². The lowest BCUT2D eigenvalue weighted by molar-refractivity contribution is 0.0697. The van der Waals surface area contributed by atoms with E-state index < -0.39 is 17.8 Å². The van der Waals surface area contributed by atoms with E-state index in [-0.39, 0.29) is 17.4 Å². The first kappa shape index (κ1) is 14.3.